The third kappa shape index (κ3) is 6.19. The second-order valence-electron chi connectivity index (χ2n) is 7.81. The van der Waals surface area contributed by atoms with Gasteiger partial charge in [0.05, 0.1) is 12.2 Å². The van der Waals surface area contributed by atoms with E-state index in [1.165, 1.54) is 5.56 Å². The lowest BCUT2D eigenvalue weighted by Crippen LogP contribution is -2.45. The zero-order valence-corrected chi connectivity index (χ0v) is 17.9. The van der Waals surface area contributed by atoms with Gasteiger partial charge in [-0.3, -0.25) is 4.99 Å². The number of pyridine rings is 1. The van der Waals surface area contributed by atoms with Crippen LogP contribution < -0.4 is 15.5 Å². The van der Waals surface area contributed by atoms with Crippen molar-refractivity contribution in [2.75, 3.05) is 31.6 Å². The van der Waals surface area contributed by atoms with Gasteiger partial charge in [-0.05, 0) is 37.0 Å². The van der Waals surface area contributed by atoms with Crippen LogP contribution >= 0.6 is 0 Å². The Kier molecular flexibility index (Phi) is 7.47. The fourth-order valence-electron chi connectivity index (χ4n) is 3.63. The molecule has 3 rings (SSSR count). The minimum atomic E-state index is 0.231. The van der Waals surface area contributed by atoms with Gasteiger partial charge < -0.3 is 20.3 Å². The molecule has 1 aliphatic rings. The number of morpholine rings is 1. The van der Waals surface area contributed by atoms with Crippen molar-refractivity contribution < 1.29 is 4.74 Å². The average Bonchev–Trinajstić information content (AvgIpc) is 2.74. The Morgan fingerprint density at radius 1 is 1.14 bits per heavy atom. The predicted molar refractivity (Wildman–Crippen MR) is 120 cm³/mol. The molecule has 6 nitrogen and oxygen atoms in total. The van der Waals surface area contributed by atoms with Gasteiger partial charge in [0.25, 0.3) is 0 Å². The summed E-state index contributed by atoms with van der Waals surface area (Å²) in [6.45, 7) is 9.70. The van der Waals surface area contributed by atoms with Crippen molar-refractivity contribution in [2.24, 2.45) is 4.99 Å². The van der Waals surface area contributed by atoms with E-state index in [0.29, 0.717) is 12.5 Å². The molecular formula is C23H33N5O. The maximum atomic E-state index is 5.81. The van der Waals surface area contributed by atoms with E-state index in [-0.39, 0.29) is 12.2 Å². The number of hydrogen-bond acceptors (Lipinski definition) is 4. The molecule has 0 spiro atoms. The van der Waals surface area contributed by atoms with Crippen LogP contribution in [-0.2, 0) is 11.3 Å². The van der Waals surface area contributed by atoms with Crippen LogP contribution in [0.1, 0.15) is 37.8 Å². The first-order chi connectivity index (χ1) is 14.0. The van der Waals surface area contributed by atoms with Gasteiger partial charge in [0, 0.05) is 39.4 Å². The van der Waals surface area contributed by atoms with Gasteiger partial charge in [-0.2, -0.15) is 0 Å². The molecule has 0 bridgehead atoms. The Balaban J connectivity index is 1.48. The summed E-state index contributed by atoms with van der Waals surface area (Å²) in [6.07, 6.45) is 2.40. The zero-order valence-electron chi connectivity index (χ0n) is 17.9. The molecule has 2 heterocycles. The molecule has 0 saturated carbocycles. The highest BCUT2D eigenvalue weighted by Crippen LogP contribution is 2.18. The van der Waals surface area contributed by atoms with Crippen LogP contribution in [0.2, 0.25) is 0 Å². The summed E-state index contributed by atoms with van der Waals surface area (Å²) in [5.74, 6) is 2.22. The van der Waals surface area contributed by atoms with Crippen LogP contribution in [0.25, 0.3) is 0 Å². The van der Waals surface area contributed by atoms with E-state index < -0.39 is 0 Å². The van der Waals surface area contributed by atoms with E-state index in [1.54, 1.807) is 7.05 Å². The highest BCUT2D eigenvalue weighted by atomic mass is 16.5. The van der Waals surface area contributed by atoms with Crippen molar-refractivity contribution in [3.8, 4) is 0 Å². The number of anilines is 1. The standard InChI is InChI=1S/C23H33N5O/c1-17(21-8-6-5-7-9-21)12-26-23(24-4)27-14-20-10-11-22(25-13-20)28-15-18(2)29-19(3)16-28/h5-11,13,17-19H,12,14-16H2,1-4H3,(H2,24,26,27). The van der Waals surface area contributed by atoms with Crippen LogP contribution in [0.15, 0.2) is 53.7 Å². The first-order valence-corrected chi connectivity index (χ1v) is 10.4. The fraction of sp³-hybridized carbons (Fsp3) is 0.478. The van der Waals surface area contributed by atoms with Crippen molar-refractivity contribution in [1.82, 2.24) is 15.6 Å². The van der Waals surface area contributed by atoms with E-state index in [4.69, 9.17) is 4.74 Å². The van der Waals surface area contributed by atoms with Gasteiger partial charge in [0.1, 0.15) is 5.82 Å². The zero-order chi connectivity index (χ0) is 20.6. The maximum Gasteiger partial charge on any atom is 0.191 e. The van der Waals surface area contributed by atoms with Gasteiger partial charge in [-0.1, -0.05) is 43.3 Å². The highest BCUT2D eigenvalue weighted by molar-refractivity contribution is 5.79. The van der Waals surface area contributed by atoms with E-state index >= 15 is 0 Å². The monoisotopic (exact) mass is 395 g/mol. The summed E-state index contributed by atoms with van der Waals surface area (Å²) in [5.41, 5.74) is 2.45. The van der Waals surface area contributed by atoms with Crippen molar-refractivity contribution in [3.05, 3.63) is 59.8 Å². The largest absolute Gasteiger partial charge is 0.372 e. The maximum absolute atomic E-state index is 5.81. The molecule has 6 heteroatoms. The van der Waals surface area contributed by atoms with Gasteiger partial charge in [-0.25, -0.2) is 4.98 Å². The lowest BCUT2D eigenvalue weighted by Gasteiger charge is -2.36. The summed E-state index contributed by atoms with van der Waals surface area (Å²) in [4.78, 5) is 11.3. The van der Waals surface area contributed by atoms with Crippen LogP contribution in [0.3, 0.4) is 0 Å². The van der Waals surface area contributed by atoms with Gasteiger partial charge in [0.2, 0.25) is 0 Å². The molecule has 0 amide bonds. The molecule has 1 fully saturated rings. The minimum Gasteiger partial charge on any atom is -0.372 e. The van der Waals surface area contributed by atoms with Crippen LogP contribution in [-0.4, -0.2) is 49.8 Å². The lowest BCUT2D eigenvalue weighted by molar-refractivity contribution is -0.00545. The van der Waals surface area contributed by atoms with Crippen molar-refractivity contribution in [2.45, 2.75) is 45.4 Å². The first kappa shape index (κ1) is 21.1. The molecule has 0 aliphatic carbocycles. The number of hydrogen-bond donors (Lipinski definition) is 2. The molecule has 3 atom stereocenters. The highest BCUT2D eigenvalue weighted by Gasteiger charge is 2.22. The number of nitrogens with one attached hydrogen (secondary N) is 2. The normalized spacial score (nSPS) is 21.0. The minimum absolute atomic E-state index is 0.231. The van der Waals surface area contributed by atoms with Gasteiger partial charge in [-0.15, -0.1) is 0 Å². The number of rotatable bonds is 6. The average molecular weight is 396 g/mol. The van der Waals surface area contributed by atoms with Crippen molar-refractivity contribution in [1.29, 1.82) is 0 Å². The second kappa shape index (κ2) is 10.3. The van der Waals surface area contributed by atoms with Gasteiger partial charge >= 0.3 is 0 Å². The molecule has 29 heavy (non-hydrogen) atoms. The van der Waals surface area contributed by atoms with Gasteiger partial charge in [0.15, 0.2) is 5.96 Å². The van der Waals surface area contributed by atoms with E-state index in [1.807, 2.05) is 12.3 Å². The molecule has 2 N–H and O–H groups in total. The van der Waals surface area contributed by atoms with E-state index in [2.05, 4.69) is 82.7 Å². The number of aromatic nitrogens is 1. The van der Waals surface area contributed by atoms with Crippen molar-refractivity contribution in [3.63, 3.8) is 0 Å². The quantitative estimate of drug-likeness (QED) is 0.581. The Morgan fingerprint density at radius 2 is 1.86 bits per heavy atom. The number of aliphatic imine (C=N–C) groups is 1. The molecule has 2 aromatic rings. The molecular weight excluding hydrogens is 362 g/mol. The topological polar surface area (TPSA) is 61.8 Å². The molecule has 1 aromatic carbocycles. The summed E-state index contributed by atoms with van der Waals surface area (Å²) >= 11 is 0. The number of ether oxygens (including phenoxy) is 1. The third-order valence-corrected chi connectivity index (χ3v) is 5.18. The molecule has 156 valence electrons. The number of nitrogens with zero attached hydrogens (tertiary/aromatic N) is 3. The number of benzene rings is 1. The summed E-state index contributed by atoms with van der Waals surface area (Å²) in [5, 5.41) is 6.78. The summed E-state index contributed by atoms with van der Waals surface area (Å²) < 4.78 is 5.81. The first-order valence-electron chi connectivity index (χ1n) is 10.4. The molecule has 1 aliphatic heterocycles. The Bertz CT molecular complexity index is 768. The SMILES string of the molecule is CN=C(NCc1ccc(N2CC(C)OC(C)C2)nc1)NCC(C)c1ccccc1. The third-order valence-electron chi connectivity index (χ3n) is 5.18. The van der Waals surface area contributed by atoms with Crippen LogP contribution in [0.5, 0.6) is 0 Å². The summed E-state index contributed by atoms with van der Waals surface area (Å²) in [7, 11) is 1.80. The second-order valence-corrected chi connectivity index (χ2v) is 7.81. The molecule has 1 saturated heterocycles. The van der Waals surface area contributed by atoms with Crippen molar-refractivity contribution >= 4 is 11.8 Å². The van der Waals surface area contributed by atoms with Crippen LogP contribution in [0, 0.1) is 0 Å². The van der Waals surface area contributed by atoms with Crippen LogP contribution in [0.4, 0.5) is 5.82 Å². The predicted octanol–water partition coefficient (Wildman–Crippen LogP) is 3.16. The smallest absolute Gasteiger partial charge is 0.191 e. The Labute approximate surface area is 174 Å². The van der Waals surface area contributed by atoms with E-state index in [9.17, 15) is 0 Å². The molecule has 1 aromatic heterocycles. The molecule has 0 radical (unpaired) electrons. The Hall–Kier alpha value is -2.60. The Morgan fingerprint density at radius 3 is 2.48 bits per heavy atom. The summed E-state index contributed by atoms with van der Waals surface area (Å²) in [6, 6.07) is 14.7. The number of guanidine groups is 1. The molecule has 3 unspecified atom stereocenters. The van der Waals surface area contributed by atoms with E-state index in [0.717, 1.165) is 37.0 Å². The lowest BCUT2D eigenvalue weighted by atomic mass is 10.0. The fourth-order valence-corrected chi connectivity index (χ4v) is 3.63.